The van der Waals surface area contributed by atoms with Crippen molar-refractivity contribution in [3.63, 3.8) is 0 Å². The molecule has 0 aliphatic carbocycles. The molecule has 0 aromatic carbocycles. The highest BCUT2D eigenvalue weighted by atomic mass is 15.3. The third-order valence-corrected chi connectivity index (χ3v) is 3.91. The van der Waals surface area contributed by atoms with E-state index in [1.54, 1.807) is 12.3 Å². The molecule has 3 rings (SSSR count). The molecule has 2 aliphatic rings. The van der Waals surface area contributed by atoms with Gasteiger partial charge in [-0.15, -0.1) is 0 Å². The number of piperidine rings is 1. The summed E-state index contributed by atoms with van der Waals surface area (Å²) in [6, 6.07) is 7.19. The second kappa shape index (κ2) is 4.01. The molecule has 4 heteroatoms. The van der Waals surface area contributed by atoms with Crippen LogP contribution in [0.1, 0.15) is 31.2 Å². The molecular weight excluding hydrogens is 212 g/mol. The number of anilines is 1. The summed E-state index contributed by atoms with van der Waals surface area (Å²) in [6.07, 6.45) is 6.24. The number of aromatic nitrogens is 1. The first-order chi connectivity index (χ1) is 8.28. The molecule has 2 atom stereocenters. The summed E-state index contributed by atoms with van der Waals surface area (Å²) < 4.78 is 0. The second-order valence-corrected chi connectivity index (χ2v) is 5.04. The molecule has 17 heavy (non-hydrogen) atoms. The van der Waals surface area contributed by atoms with Crippen molar-refractivity contribution in [3.8, 4) is 6.07 Å². The lowest BCUT2D eigenvalue weighted by Crippen LogP contribution is -2.47. The highest BCUT2D eigenvalue weighted by molar-refractivity contribution is 5.48. The average molecular weight is 228 g/mol. The molecule has 2 bridgehead atoms. The van der Waals surface area contributed by atoms with E-state index >= 15 is 0 Å². The van der Waals surface area contributed by atoms with E-state index < -0.39 is 0 Å². The predicted molar refractivity (Wildman–Crippen MR) is 65.5 cm³/mol. The van der Waals surface area contributed by atoms with Gasteiger partial charge in [-0.2, -0.15) is 5.26 Å². The molecule has 0 spiro atoms. The molecule has 2 aliphatic heterocycles. The van der Waals surface area contributed by atoms with Crippen LogP contribution in [0.3, 0.4) is 0 Å². The van der Waals surface area contributed by atoms with E-state index in [4.69, 9.17) is 11.0 Å². The molecule has 2 saturated heterocycles. The van der Waals surface area contributed by atoms with Crippen LogP contribution >= 0.6 is 0 Å². The third-order valence-electron chi connectivity index (χ3n) is 3.91. The van der Waals surface area contributed by atoms with E-state index in [2.05, 4.69) is 16.0 Å². The minimum atomic E-state index is 0.336. The lowest BCUT2D eigenvalue weighted by Gasteiger charge is -2.38. The number of fused-ring (bicyclic) bond motifs is 2. The van der Waals surface area contributed by atoms with Gasteiger partial charge < -0.3 is 10.6 Å². The van der Waals surface area contributed by atoms with Crippen LogP contribution in [0.2, 0.25) is 0 Å². The van der Waals surface area contributed by atoms with Gasteiger partial charge in [-0.1, -0.05) is 0 Å². The molecule has 1 aromatic rings. The maximum Gasteiger partial charge on any atom is 0.130 e. The molecule has 2 unspecified atom stereocenters. The smallest absolute Gasteiger partial charge is 0.130 e. The van der Waals surface area contributed by atoms with Crippen molar-refractivity contribution in [1.82, 2.24) is 4.98 Å². The number of hydrogen-bond acceptors (Lipinski definition) is 4. The SMILES string of the molecule is N#Cc1ccnc(N2C3CCC2CC(N)C3)c1. The van der Waals surface area contributed by atoms with E-state index in [0.29, 0.717) is 23.7 Å². The van der Waals surface area contributed by atoms with Gasteiger partial charge >= 0.3 is 0 Å². The standard InChI is InChI=1S/C13H16N4/c14-8-9-3-4-16-13(5-9)17-11-1-2-12(17)7-10(15)6-11/h3-5,10-12H,1-2,6-7,15H2. The number of nitrogens with zero attached hydrogens (tertiary/aromatic N) is 3. The Labute approximate surface area is 101 Å². The fourth-order valence-corrected chi connectivity index (χ4v) is 3.22. The zero-order valence-corrected chi connectivity index (χ0v) is 9.71. The van der Waals surface area contributed by atoms with Gasteiger partial charge in [0.1, 0.15) is 5.82 Å². The maximum atomic E-state index is 8.93. The van der Waals surface area contributed by atoms with E-state index in [9.17, 15) is 0 Å². The summed E-state index contributed by atoms with van der Waals surface area (Å²) in [5.41, 5.74) is 6.74. The van der Waals surface area contributed by atoms with Gasteiger partial charge in [0.15, 0.2) is 0 Å². The lowest BCUT2D eigenvalue weighted by molar-refractivity contribution is 0.412. The normalized spacial score (nSPS) is 31.3. The zero-order chi connectivity index (χ0) is 11.8. The van der Waals surface area contributed by atoms with E-state index in [1.165, 1.54) is 12.8 Å². The Balaban J connectivity index is 1.92. The Morgan fingerprint density at radius 3 is 2.71 bits per heavy atom. The summed E-state index contributed by atoms with van der Waals surface area (Å²) in [4.78, 5) is 6.79. The predicted octanol–water partition coefficient (Wildman–Crippen LogP) is 1.41. The topological polar surface area (TPSA) is 65.9 Å². The van der Waals surface area contributed by atoms with Crippen molar-refractivity contribution in [1.29, 1.82) is 5.26 Å². The van der Waals surface area contributed by atoms with E-state index in [1.807, 2.05) is 6.07 Å². The molecular formula is C13H16N4. The summed E-state index contributed by atoms with van der Waals surface area (Å²) >= 11 is 0. The summed E-state index contributed by atoms with van der Waals surface area (Å²) in [7, 11) is 0. The summed E-state index contributed by atoms with van der Waals surface area (Å²) in [5, 5.41) is 8.93. The van der Waals surface area contributed by atoms with E-state index in [-0.39, 0.29) is 0 Å². The summed E-state index contributed by atoms with van der Waals surface area (Å²) in [5.74, 6) is 0.948. The minimum Gasteiger partial charge on any atom is -0.350 e. The maximum absolute atomic E-state index is 8.93. The molecule has 1 aromatic heterocycles. The van der Waals surface area contributed by atoms with Crippen LogP contribution in [0.15, 0.2) is 18.3 Å². The Morgan fingerprint density at radius 2 is 2.06 bits per heavy atom. The molecule has 4 nitrogen and oxygen atoms in total. The second-order valence-electron chi connectivity index (χ2n) is 5.04. The van der Waals surface area contributed by atoms with Crippen LogP contribution in [-0.2, 0) is 0 Å². The van der Waals surface area contributed by atoms with Gasteiger partial charge in [0, 0.05) is 24.3 Å². The first kappa shape index (κ1) is 10.5. The minimum absolute atomic E-state index is 0.336. The number of nitriles is 1. The van der Waals surface area contributed by atoms with Crippen LogP contribution in [0.5, 0.6) is 0 Å². The number of hydrogen-bond donors (Lipinski definition) is 1. The largest absolute Gasteiger partial charge is 0.350 e. The molecule has 2 fully saturated rings. The Bertz CT molecular complexity index is 451. The highest BCUT2D eigenvalue weighted by Crippen LogP contribution is 2.37. The Kier molecular flexibility index (Phi) is 2.49. The van der Waals surface area contributed by atoms with Crippen molar-refractivity contribution in [2.24, 2.45) is 5.73 Å². The van der Waals surface area contributed by atoms with Crippen LogP contribution < -0.4 is 10.6 Å². The van der Waals surface area contributed by atoms with Crippen molar-refractivity contribution >= 4 is 5.82 Å². The number of pyridine rings is 1. The fraction of sp³-hybridized carbons (Fsp3) is 0.538. The van der Waals surface area contributed by atoms with Gasteiger partial charge in [0.05, 0.1) is 11.6 Å². The van der Waals surface area contributed by atoms with Crippen molar-refractivity contribution in [3.05, 3.63) is 23.9 Å². The van der Waals surface area contributed by atoms with Gasteiger partial charge in [-0.25, -0.2) is 4.98 Å². The van der Waals surface area contributed by atoms with E-state index in [0.717, 1.165) is 18.7 Å². The summed E-state index contributed by atoms with van der Waals surface area (Å²) in [6.45, 7) is 0. The van der Waals surface area contributed by atoms with Crippen LogP contribution in [0.4, 0.5) is 5.82 Å². The monoisotopic (exact) mass is 228 g/mol. The zero-order valence-electron chi connectivity index (χ0n) is 9.71. The number of nitrogens with two attached hydrogens (primary N) is 1. The van der Waals surface area contributed by atoms with Gasteiger partial charge in [-0.3, -0.25) is 0 Å². The first-order valence-corrected chi connectivity index (χ1v) is 6.18. The molecule has 3 heterocycles. The van der Waals surface area contributed by atoms with Crippen molar-refractivity contribution in [2.75, 3.05) is 4.90 Å². The lowest BCUT2D eigenvalue weighted by atomic mass is 9.98. The van der Waals surface area contributed by atoms with Crippen LogP contribution in [0, 0.1) is 11.3 Å². The average Bonchev–Trinajstić information content (AvgIpc) is 2.62. The Morgan fingerprint density at radius 1 is 1.35 bits per heavy atom. The third kappa shape index (κ3) is 1.77. The van der Waals surface area contributed by atoms with Gasteiger partial charge in [-0.05, 0) is 37.8 Å². The van der Waals surface area contributed by atoms with Crippen LogP contribution in [0.25, 0.3) is 0 Å². The highest BCUT2D eigenvalue weighted by Gasteiger charge is 2.40. The van der Waals surface area contributed by atoms with Gasteiger partial charge in [0.25, 0.3) is 0 Å². The van der Waals surface area contributed by atoms with Gasteiger partial charge in [0.2, 0.25) is 0 Å². The molecule has 88 valence electrons. The quantitative estimate of drug-likeness (QED) is 0.789. The van der Waals surface area contributed by atoms with Crippen LogP contribution in [-0.4, -0.2) is 23.1 Å². The molecule has 2 N–H and O–H groups in total. The number of rotatable bonds is 1. The van der Waals surface area contributed by atoms with Crippen molar-refractivity contribution in [2.45, 2.75) is 43.8 Å². The Hall–Kier alpha value is -1.60. The first-order valence-electron chi connectivity index (χ1n) is 6.18. The fourth-order valence-electron chi connectivity index (χ4n) is 3.22. The molecule has 0 saturated carbocycles. The van der Waals surface area contributed by atoms with Crippen molar-refractivity contribution < 1.29 is 0 Å². The molecule has 0 radical (unpaired) electrons. The molecule has 0 amide bonds.